The van der Waals surface area contributed by atoms with Crippen LogP contribution in [0.1, 0.15) is 29.6 Å². The number of benzene rings is 1. The normalized spacial score (nSPS) is 16.4. The van der Waals surface area contributed by atoms with Gasteiger partial charge in [0.15, 0.2) is 6.10 Å². The van der Waals surface area contributed by atoms with Crippen molar-refractivity contribution in [2.75, 3.05) is 19.8 Å². The molecule has 0 aromatic heterocycles. The minimum atomic E-state index is -1.31. The summed E-state index contributed by atoms with van der Waals surface area (Å²) in [7, 11) is 0. The van der Waals surface area contributed by atoms with Crippen LogP contribution < -0.4 is 0 Å². The first-order valence-electron chi connectivity index (χ1n) is 9.08. The number of esters is 1. The van der Waals surface area contributed by atoms with E-state index in [2.05, 4.69) is 6.58 Å². The summed E-state index contributed by atoms with van der Waals surface area (Å²) in [5.74, 6) is -2.27. The van der Waals surface area contributed by atoms with E-state index < -0.39 is 18.0 Å². The molecule has 1 atom stereocenters. The van der Waals surface area contributed by atoms with Crippen LogP contribution >= 0.6 is 0 Å². The molecule has 1 unspecified atom stereocenters. The molecule has 2 rings (SSSR count). The van der Waals surface area contributed by atoms with Crippen molar-refractivity contribution < 1.29 is 39.5 Å². The van der Waals surface area contributed by atoms with Crippen molar-refractivity contribution in [1.82, 2.24) is 0 Å². The second kappa shape index (κ2) is 10.6. The Morgan fingerprint density at radius 3 is 2.10 bits per heavy atom. The lowest BCUT2D eigenvalue weighted by Crippen LogP contribution is -2.31. The molecule has 1 aromatic rings. The quantitative estimate of drug-likeness (QED) is 0.341. The molecule has 0 saturated heterocycles. The fourth-order valence-electron chi connectivity index (χ4n) is 3.11. The van der Waals surface area contributed by atoms with Gasteiger partial charge in [0.1, 0.15) is 0 Å². The smallest absolute Gasteiger partial charge is 0.345 e. The van der Waals surface area contributed by atoms with Crippen LogP contribution in [0.5, 0.6) is 0 Å². The van der Waals surface area contributed by atoms with Gasteiger partial charge in [0, 0.05) is 31.8 Å². The van der Waals surface area contributed by atoms with Gasteiger partial charge in [-0.25, -0.2) is 9.59 Å². The molecular weight excluding hydrogens is 380 g/mol. The second-order valence-electron chi connectivity index (χ2n) is 6.27. The van der Waals surface area contributed by atoms with Gasteiger partial charge in [0.05, 0.1) is 11.1 Å². The highest BCUT2D eigenvalue weighted by Gasteiger charge is 2.35. The van der Waals surface area contributed by atoms with Crippen molar-refractivity contribution in [2.45, 2.75) is 25.4 Å². The Bertz CT molecular complexity index is 822. The standard InChI is InChI=1S/C21H24O8/c1-13(19(25)26)18-16(8-11-23)15(7-10-22)17(9-12-24)21(28-18)29-20(27)14-5-3-2-4-6-14/h2-6,18,22-24H,1,7-12H2,(H,25,26). The average Bonchev–Trinajstić information content (AvgIpc) is 2.72. The first-order chi connectivity index (χ1) is 13.9. The van der Waals surface area contributed by atoms with E-state index >= 15 is 0 Å². The summed E-state index contributed by atoms with van der Waals surface area (Å²) in [4.78, 5) is 24.0. The predicted molar refractivity (Wildman–Crippen MR) is 103 cm³/mol. The summed E-state index contributed by atoms with van der Waals surface area (Å²) in [5.41, 5.74) is 1.18. The van der Waals surface area contributed by atoms with E-state index in [1.807, 2.05) is 0 Å². The summed E-state index contributed by atoms with van der Waals surface area (Å²) in [5, 5.41) is 37.8. The van der Waals surface area contributed by atoms with Crippen molar-refractivity contribution in [3.05, 3.63) is 70.7 Å². The number of hydrogen-bond donors (Lipinski definition) is 4. The molecule has 0 saturated carbocycles. The molecule has 1 aliphatic rings. The molecule has 1 aliphatic heterocycles. The van der Waals surface area contributed by atoms with Crippen LogP contribution in [0.25, 0.3) is 0 Å². The number of carboxylic acids is 1. The van der Waals surface area contributed by atoms with Crippen LogP contribution in [0.3, 0.4) is 0 Å². The minimum absolute atomic E-state index is 0.0495. The number of hydrogen-bond acceptors (Lipinski definition) is 7. The molecule has 0 radical (unpaired) electrons. The molecule has 0 aliphatic carbocycles. The maximum atomic E-state index is 12.5. The Labute approximate surface area is 168 Å². The number of aliphatic hydroxyl groups excluding tert-OH is 3. The Morgan fingerprint density at radius 2 is 1.55 bits per heavy atom. The molecule has 0 fully saturated rings. The number of carbonyl (C=O) groups excluding carboxylic acids is 1. The number of rotatable bonds is 10. The summed E-state index contributed by atoms with van der Waals surface area (Å²) in [6.45, 7) is 2.68. The first kappa shape index (κ1) is 22.4. The van der Waals surface area contributed by atoms with Crippen LogP contribution in [0.2, 0.25) is 0 Å². The number of ether oxygens (including phenoxy) is 2. The number of aliphatic hydroxyl groups is 3. The zero-order valence-electron chi connectivity index (χ0n) is 15.8. The molecule has 1 aromatic carbocycles. The molecule has 156 valence electrons. The van der Waals surface area contributed by atoms with Crippen molar-refractivity contribution >= 4 is 11.9 Å². The van der Waals surface area contributed by atoms with Crippen LogP contribution in [-0.4, -0.2) is 58.3 Å². The SMILES string of the molecule is C=C(C(=O)O)C1OC(OC(=O)c2ccccc2)=C(CCO)C(CCO)=C1CCO. The van der Waals surface area contributed by atoms with Gasteiger partial charge in [-0.1, -0.05) is 24.8 Å². The Morgan fingerprint density at radius 1 is 0.966 bits per heavy atom. The number of carbonyl (C=O) groups is 2. The highest BCUT2D eigenvalue weighted by atomic mass is 16.7. The van der Waals surface area contributed by atoms with E-state index in [4.69, 9.17) is 9.47 Å². The van der Waals surface area contributed by atoms with Gasteiger partial charge in [-0.05, 0) is 36.1 Å². The molecule has 29 heavy (non-hydrogen) atoms. The van der Waals surface area contributed by atoms with Gasteiger partial charge < -0.3 is 29.9 Å². The topological polar surface area (TPSA) is 134 Å². The maximum absolute atomic E-state index is 12.5. The Balaban J connectivity index is 2.54. The minimum Gasteiger partial charge on any atom is -0.478 e. The summed E-state index contributed by atoms with van der Waals surface area (Å²) in [6, 6.07) is 8.15. The van der Waals surface area contributed by atoms with Crippen LogP contribution in [0.4, 0.5) is 0 Å². The van der Waals surface area contributed by atoms with Gasteiger partial charge >= 0.3 is 11.9 Å². The molecule has 0 spiro atoms. The third-order valence-corrected chi connectivity index (χ3v) is 4.43. The third-order valence-electron chi connectivity index (χ3n) is 4.43. The van der Waals surface area contributed by atoms with Gasteiger partial charge in [-0.15, -0.1) is 0 Å². The summed E-state index contributed by atoms with van der Waals surface area (Å²) >= 11 is 0. The molecule has 4 N–H and O–H groups in total. The highest BCUT2D eigenvalue weighted by molar-refractivity contribution is 5.90. The van der Waals surface area contributed by atoms with E-state index in [9.17, 15) is 30.0 Å². The van der Waals surface area contributed by atoms with E-state index in [1.54, 1.807) is 30.3 Å². The Hall–Kier alpha value is -2.94. The van der Waals surface area contributed by atoms with Gasteiger partial charge in [0.2, 0.25) is 0 Å². The van der Waals surface area contributed by atoms with Gasteiger partial charge in [0.25, 0.3) is 5.95 Å². The molecular formula is C21H24O8. The Kier molecular flexibility index (Phi) is 8.14. The lowest BCUT2D eigenvalue weighted by molar-refractivity contribution is -0.134. The second-order valence-corrected chi connectivity index (χ2v) is 6.27. The maximum Gasteiger partial charge on any atom is 0.345 e. The first-order valence-corrected chi connectivity index (χ1v) is 9.08. The van der Waals surface area contributed by atoms with Crippen molar-refractivity contribution in [1.29, 1.82) is 0 Å². The van der Waals surface area contributed by atoms with Crippen LogP contribution in [-0.2, 0) is 14.3 Å². The van der Waals surface area contributed by atoms with Crippen molar-refractivity contribution in [3.63, 3.8) is 0 Å². The van der Waals surface area contributed by atoms with E-state index in [0.717, 1.165) is 0 Å². The zero-order chi connectivity index (χ0) is 21.4. The fourth-order valence-corrected chi connectivity index (χ4v) is 3.11. The molecule has 0 amide bonds. The highest BCUT2D eigenvalue weighted by Crippen LogP contribution is 2.38. The average molecular weight is 404 g/mol. The van der Waals surface area contributed by atoms with Crippen molar-refractivity contribution in [3.8, 4) is 0 Å². The van der Waals surface area contributed by atoms with Gasteiger partial charge in [-0.3, -0.25) is 0 Å². The fraction of sp³-hybridized carbons (Fsp3) is 0.333. The van der Waals surface area contributed by atoms with E-state index in [0.29, 0.717) is 16.7 Å². The third kappa shape index (κ3) is 5.32. The van der Waals surface area contributed by atoms with E-state index in [1.165, 1.54) is 0 Å². The summed E-state index contributed by atoms with van der Waals surface area (Å²) in [6.07, 6.45) is -0.957. The van der Waals surface area contributed by atoms with Crippen LogP contribution in [0.15, 0.2) is 65.1 Å². The van der Waals surface area contributed by atoms with Gasteiger partial charge in [-0.2, -0.15) is 0 Å². The largest absolute Gasteiger partial charge is 0.478 e. The molecule has 8 nitrogen and oxygen atoms in total. The summed E-state index contributed by atoms with van der Waals surface area (Å²) < 4.78 is 11.1. The number of carboxylic acid groups (broad SMARTS) is 1. The lowest BCUT2D eigenvalue weighted by atomic mass is 9.86. The number of aliphatic carboxylic acids is 1. The molecule has 0 bridgehead atoms. The molecule has 8 heteroatoms. The van der Waals surface area contributed by atoms with Crippen molar-refractivity contribution in [2.24, 2.45) is 0 Å². The molecule has 1 heterocycles. The zero-order valence-corrected chi connectivity index (χ0v) is 15.8. The predicted octanol–water partition coefficient (Wildman–Crippen LogP) is 1.54. The monoisotopic (exact) mass is 404 g/mol. The van der Waals surface area contributed by atoms with E-state index in [-0.39, 0.29) is 56.2 Å². The lowest BCUT2D eigenvalue weighted by Gasteiger charge is -2.32. The van der Waals surface area contributed by atoms with Crippen LogP contribution in [0, 0.1) is 0 Å².